The summed E-state index contributed by atoms with van der Waals surface area (Å²) in [6.45, 7) is 0. The summed E-state index contributed by atoms with van der Waals surface area (Å²) in [5, 5.41) is 2.53. The Morgan fingerprint density at radius 3 is 1.42 bits per heavy atom. The highest BCUT2D eigenvalue weighted by Crippen LogP contribution is 2.57. The Labute approximate surface area is 344 Å². The van der Waals surface area contributed by atoms with Crippen LogP contribution in [0.4, 0.5) is 0 Å². The molecule has 1 unspecified atom stereocenters. The van der Waals surface area contributed by atoms with Gasteiger partial charge in [-0.3, -0.25) is 0 Å². The number of fused-ring (bicyclic) bond motifs is 5. The van der Waals surface area contributed by atoms with E-state index in [0.29, 0.717) is 17.5 Å². The predicted octanol–water partition coefficient (Wildman–Crippen LogP) is 13.7. The molecule has 0 bridgehead atoms. The van der Waals surface area contributed by atoms with Crippen molar-refractivity contribution < 1.29 is 0 Å². The summed E-state index contributed by atoms with van der Waals surface area (Å²) < 4.78 is 0. The van der Waals surface area contributed by atoms with Crippen LogP contribution in [0.25, 0.3) is 78.3 Å². The molecule has 3 heteroatoms. The largest absolute Gasteiger partial charge is 0.208 e. The van der Waals surface area contributed by atoms with Crippen molar-refractivity contribution in [2.45, 2.75) is 5.41 Å². The number of benzene rings is 9. The summed E-state index contributed by atoms with van der Waals surface area (Å²) in [7, 11) is 0. The average molecular weight is 752 g/mol. The molecule has 1 aliphatic rings. The summed E-state index contributed by atoms with van der Waals surface area (Å²) in [6.07, 6.45) is 0. The number of hydrogen-bond donors (Lipinski definition) is 0. The third kappa shape index (κ3) is 5.86. The lowest BCUT2D eigenvalue weighted by molar-refractivity contribution is 0.769. The lowest BCUT2D eigenvalue weighted by atomic mass is 9.67. The van der Waals surface area contributed by atoms with E-state index in [0.717, 1.165) is 38.9 Å². The van der Waals surface area contributed by atoms with Gasteiger partial charge in [0.05, 0.1) is 5.41 Å². The molecule has 0 spiro atoms. The quantitative estimate of drug-likeness (QED) is 0.163. The molecule has 9 aromatic carbocycles. The van der Waals surface area contributed by atoms with Crippen molar-refractivity contribution in [2.75, 3.05) is 0 Å². The van der Waals surface area contributed by atoms with Gasteiger partial charge in [-0.15, -0.1) is 0 Å². The van der Waals surface area contributed by atoms with Gasteiger partial charge < -0.3 is 0 Å². The third-order valence-corrected chi connectivity index (χ3v) is 11.8. The van der Waals surface area contributed by atoms with Crippen molar-refractivity contribution in [1.29, 1.82) is 0 Å². The zero-order valence-corrected chi connectivity index (χ0v) is 32.2. The van der Waals surface area contributed by atoms with Gasteiger partial charge in [0.15, 0.2) is 17.5 Å². The van der Waals surface area contributed by atoms with E-state index in [1.54, 1.807) is 0 Å². The molecule has 276 valence electrons. The van der Waals surface area contributed by atoms with Crippen LogP contribution in [0.15, 0.2) is 224 Å². The van der Waals surface area contributed by atoms with Gasteiger partial charge in [-0.05, 0) is 78.5 Å². The summed E-state index contributed by atoms with van der Waals surface area (Å²) in [5.41, 5.74) is 14.5. The van der Waals surface area contributed by atoms with Crippen molar-refractivity contribution in [1.82, 2.24) is 15.0 Å². The molecule has 10 aromatic rings. The van der Waals surface area contributed by atoms with Crippen LogP contribution in [0.3, 0.4) is 0 Å². The van der Waals surface area contributed by atoms with Crippen LogP contribution in [0.2, 0.25) is 0 Å². The number of rotatable bonds is 7. The van der Waals surface area contributed by atoms with Gasteiger partial charge in [0.25, 0.3) is 0 Å². The van der Waals surface area contributed by atoms with Crippen molar-refractivity contribution in [2.24, 2.45) is 0 Å². The second-order valence-electron chi connectivity index (χ2n) is 15.1. The molecule has 0 amide bonds. The zero-order valence-electron chi connectivity index (χ0n) is 32.2. The zero-order chi connectivity index (χ0) is 39.2. The highest BCUT2D eigenvalue weighted by atomic mass is 15.0. The molecule has 0 N–H and O–H groups in total. The van der Waals surface area contributed by atoms with Crippen LogP contribution < -0.4 is 0 Å². The second kappa shape index (κ2) is 14.3. The molecule has 1 aromatic heterocycles. The van der Waals surface area contributed by atoms with Crippen LogP contribution in [-0.2, 0) is 5.41 Å². The molecule has 11 rings (SSSR count). The van der Waals surface area contributed by atoms with E-state index in [-0.39, 0.29) is 0 Å². The van der Waals surface area contributed by atoms with E-state index < -0.39 is 5.41 Å². The topological polar surface area (TPSA) is 38.7 Å². The van der Waals surface area contributed by atoms with E-state index in [4.69, 9.17) is 15.0 Å². The summed E-state index contributed by atoms with van der Waals surface area (Å²) in [4.78, 5) is 15.2. The SMILES string of the molecule is c1ccc(-c2cccc(-c3nc(-c4ccccc4)nc(-c4cccc(-c5ccc(C6(c7ccccc7)c7ccccc7-c7c6ccc6ccccc76)cc5)c4)n3)c2)cc1. The molecule has 1 heterocycles. The van der Waals surface area contributed by atoms with E-state index in [1.165, 1.54) is 44.2 Å². The minimum atomic E-state index is -0.482. The van der Waals surface area contributed by atoms with Gasteiger partial charge in [-0.25, -0.2) is 15.0 Å². The first kappa shape index (κ1) is 34.5. The van der Waals surface area contributed by atoms with Crippen LogP contribution >= 0.6 is 0 Å². The molecular weight excluding hydrogens is 715 g/mol. The third-order valence-electron chi connectivity index (χ3n) is 11.8. The normalized spacial score (nSPS) is 14.2. The van der Waals surface area contributed by atoms with Gasteiger partial charge in [-0.1, -0.05) is 212 Å². The predicted molar refractivity (Wildman–Crippen MR) is 242 cm³/mol. The molecule has 3 nitrogen and oxygen atoms in total. The van der Waals surface area contributed by atoms with Gasteiger partial charge in [-0.2, -0.15) is 0 Å². The van der Waals surface area contributed by atoms with E-state index in [2.05, 4.69) is 188 Å². The fraction of sp³-hybridized carbons (Fsp3) is 0.0179. The molecule has 0 aliphatic heterocycles. The van der Waals surface area contributed by atoms with Gasteiger partial charge in [0, 0.05) is 16.7 Å². The number of nitrogens with zero attached hydrogens (tertiary/aromatic N) is 3. The minimum Gasteiger partial charge on any atom is -0.208 e. The lowest BCUT2D eigenvalue weighted by Gasteiger charge is -2.34. The highest BCUT2D eigenvalue weighted by Gasteiger charge is 2.46. The van der Waals surface area contributed by atoms with Crippen molar-refractivity contribution in [3.8, 4) is 67.5 Å². The lowest BCUT2D eigenvalue weighted by Crippen LogP contribution is -2.28. The maximum absolute atomic E-state index is 5.12. The summed E-state index contributed by atoms with van der Waals surface area (Å²) in [5.74, 6) is 1.91. The second-order valence-corrected chi connectivity index (χ2v) is 15.1. The molecule has 0 fully saturated rings. The van der Waals surface area contributed by atoms with Crippen molar-refractivity contribution >= 4 is 10.8 Å². The maximum Gasteiger partial charge on any atom is 0.164 e. The molecule has 1 aliphatic carbocycles. The fourth-order valence-electron chi connectivity index (χ4n) is 9.09. The fourth-order valence-corrected chi connectivity index (χ4v) is 9.09. The summed E-state index contributed by atoms with van der Waals surface area (Å²) >= 11 is 0. The molecule has 0 radical (unpaired) electrons. The first-order chi connectivity index (χ1) is 29.2. The Morgan fingerprint density at radius 2 is 0.763 bits per heavy atom. The maximum atomic E-state index is 5.12. The van der Waals surface area contributed by atoms with Gasteiger partial charge >= 0.3 is 0 Å². The van der Waals surface area contributed by atoms with Crippen molar-refractivity contribution in [3.63, 3.8) is 0 Å². The number of hydrogen-bond acceptors (Lipinski definition) is 3. The Morgan fingerprint density at radius 1 is 0.288 bits per heavy atom. The standard InChI is InChI=1S/C56H37N3/c1-4-16-38(17-5-1)42-21-14-23-44(36-42)54-57-53(41-19-6-2-7-20-41)58-55(59-54)45-24-15-22-43(37-45)39-30-33-47(34-31-39)56(46-25-8-3-9-26-46)50-29-13-12-28-49(50)52-48-27-11-10-18-40(48)32-35-51(52)56/h1-37H. The van der Waals surface area contributed by atoms with Gasteiger partial charge in [0.1, 0.15) is 0 Å². The first-order valence-corrected chi connectivity index (χ1v) is 20.1. The van der Waals surface area contributed by atoms with Crippen LogP contribution in [0, 0.1) is 0 Å². The van der Waals surface area contributed by atoms with Crippen LogP contribution in [0.5, 0.6) is 0 Å². The summed E-state index contributed by atoms with van der Waals surface area (Å²) in [6, 6.07) is 80.1. The average Bonchev–Trinajstić information content (AvgIpc) is 3.64. The van der Waals surface area contributed by atoms with E-state index in [1.807, 2.05) is 36.4 Å². The molecule has 59 heavy (non-hydrogen) atoms. The highest BCUT2D eigenvalue weighted by molar-refractivity contribution is 6.04. The van der Waals surface area contributed by atoms with Gasteiger partial charge in [0.2, 0.25) is 0 Å². The monoisotopic (exact) mass is 751 g/mol. The Balaban J connectivity index is 1.02. The van der Waals surface area contributed by atoms with Crippen LogP contribution in [0.1, 0.15) is 22.3 Å². The molecular formula is C56H37N3. The van der Waals surface area contributed by atoms with Crippen LogP contribution in [-0.4, -0.2) is 15.0 Å². The molecule has 1 atom stereocenters. The minimum absolute atomic E-state index is 0.482. The Hall–Kier alpha value is -7.75. The Kier molecular flexibility index (Phi) is 8.37. The van der Waals surface area contributed by atoms with Crippen molar-refractivity contribution in [3.05, 3.63) is 247 Å². The first-order valence-electron chi connectivity index (χ1n) is 20.1. The Bertz CT molecular complexity index is 3140. The molecule has 0 saturated carbocycles. The smallest absolute Gasteiger partial charge is 0.164 e. The van der Waals surface area contributed by atoms with E-state index in [9.17, 15) is 0 Å². The molecule has 0 saturated heterocycles. The number of aromatic nitrogens is 3. The van der Waals surface area contributed by atoms with E-state index >= 15 is 0 Å².